The molecule has 2 aromatic carbocycles. The van der Waals surface area contributed by atoms with Gasteiger partial charge in [0.1, 0.15) is 6.33 Å². The molecule has 0 fully saturated rings. The summed E-state index contributed by atoms with van der Waals surface area (Å²) in [6.07, 6.45) is 2.20. The Hall–Kier alpha value is -2.62. The Morgan fingerprint density at radius 1 is 1.07 bits per heavy atom. The average Bonchev–Trinajstić information content (AvgIpc) is 3.29. The molecule has 0 spiro atoms. The number of aromatic nitrogens is 4. The summed E-state index contributed by atoms with van der Waals surface area (Å²) in [6.45, 7) is 6.21. The molecule has 0 aliphatic heterocycles. The van der Waals surface area contributed by atoms with Gasteiger partial charge in [-0.15, -0.1) is 5.10 Å². The van der Waals surface area contributed by atoms with Gasteiger partial charge in [-0.25, -0.2) is 17.8 Å². The van der Waals surface area contributed by atoms with Crippen LogP contribution in [0.3, 0.4) is 0 Å². The highest BCUT2D eigenvalue weighted by Crippen LogP contribution is 2.15. The lowest BCUT2D eigenvalue weighted by Gasteiger charge is -2.30. The van der Waals surface area contributed by atoms with Gasteiger partial charge in [0.25, 0.3) is 0 Å². The maximum atomic E-state index is 12.9. The van der Waals surface area contributed by atoms with E-state index in [4.69, 9.17) is 0 Å². The molecule has 0 bridgehead atoms. The van der Waals surface area contributed by atoms with Gasteiger partial charge in [-0.3, -0.25) is 4.90 Å². The quantitative estimate of drug-likeness (QED) is 0.545. The molecule has 0 aliphatic rings. The van der Waals surface area contributed by atoms with E-state index >= 15 is 0 Å². The van der Waals surface area contributed by atoms with Gasteiger partial charge < -0.3 is 0 Å². The molecule has 154 valence electrons. The van der Waals surface area contributed by atoms with Gasteiger partial charge in [-0.1, -0.05) is 50.2 Å². The van der Waals surface area contributed by atoms with E-state index in [1.165, 1.54) is 16.6 Å². The SMILES string of the molecule is CCN(CC)C(CNS(=O)(=O)c1cccc(-n2cnnn2)c1)Cc1ccccc1. The standard InChI is InChI=1S/C20H26N6O2S/c1-3-25(4-2)19(13-17-9-6-5-7-10-17)15-22-29(27,28)20-12-8-11-18(14-20)26-16-21-23-24-26/h5-12,14,16,19,22H,3-4,13,15H2,1-2H3. The van der Waals surface area contributed by atoms with Crippen molar-refractivity contribution in [1.29, 1.82) is 0 Å². The van der Waals surface area contributed by atoms with Crippen LogP contribution in [0, 0.1) is 0 Å². The number of nitrogens with one attached hydrogen (secondary N) is 1. The van der Waals surface area contributed by atoms with E-state index in [-0.39, 0.29) is 10.9 Å². The van der Waals surface area contributed by atoms with Crippen LogP contribution < -0.4 is 4.72 Å². The molecule has 1 aromatic heterocycles. The van der Waals surface area contributed by atoms with Crippen molar-refractivity contribution in [3.05, 3.63) is 66.5 Å². The summed E-state index contributed by atoms with van der Waals surface area (Å²) in [7, 11) is -3.67. The fourth-order valence-electron chi connectivity index (χ4n) is 3.32. The Bertz CT molecular complexity index is 989. The summed E-state index contributed by atoms with van der Waals surface area (Å²) in [4.78, 5) is 2.45. The zero-order valence-electron chi connectivity index (χ0n) is 16.6. The van der Waals surface area contributed by atoms with Crippen molar-refractivity contribution < 1.29 is 8.42 Å². The second-order valence-corrected chi connectivity index (χ2v) is 8.44. The molecule has 1 heterocycles. The van der Waals surface area contributed by atoms with Gasteiger partial charge in [-0.2, -0.15) is 0 Å². The molecule has 1 unspecified atom stereocenters. The molecule has 3 aromatic rings. The molecule has 1 atom stereocenters. The van der Waals surface area contributed by atoms with Crippen LogP contribution in [0.1, 0.15) is 19.4 Å². The predicted molar refractivity (Wildman–Crippen MR) is 111 cm³/mol. The number of hydrogen-bond donors (Lipinski definition) is 1. The van der Waals surface area contributed by atoms with Crippen LogP contribution in [-0.4, -0.2) is 59.2 Å². The number of sulfonamides is 1. The Morgan fingerprint density at radius 3 is 2.48 bits per heavy atom. The zero-order valence-corrected chi connectivity index (χ0v) is 17.5. The molecular formula is C20H26N6O2S. The third kappa shape index (κ3) is 5.47. The molecule has 0 amide bonds. The first-order valence-electron chi connectivity index (χ1n) is 9.64. The van der Waals surface area contributed by atoms with Crippen molar-refractivity contribution in [3.8, 4) is 5.69 Å². The van der Waals surface area contributed by atoms with Crippen LogP contribution in [0.25, 0.3) is 5.69 Å². The van der Waals surface area contributed by atoms with Gasteiger partial charge >= 0.3 is 0 Å². The number of likely N-dealkylation sites (N-methyl/N-ethyl adjacent to an activating group) is 1. The second-order valence-electron chi connectivity index (χ2n) is 6.67. The number of rotatable bonds is 10. The Labute approximate surface area is 171 Å². The Morgan fingerprint density at radius 2 is 1.83 bits per heavy atom. The van der Waals surface area contributed by atoms with Crippen LogP contribution in [0.15, 0.2) is 65.8 Å². The molecule has 29 heavy (non-hydrogen) atoms. The predicted octanol–water partition coefficient (Wildman–Crippen LogP) is 1.89. The number of tetrazole rings is 1. The van der Waals surface area contributed by atoms with E-state index in [0.29, 0.717) is 12.2 Å². The smallest absolute Gasteiger partial charge is 0.240 e. The van der Waals surface area contributed by atoms with Crippen LogP contribution in [0.5, 0.6) is 0 Å². The van der Waals surface area contributed by atoms with E-state index < -0.39 is 10.0 Å². The molecule has 0 radical (unpaired) electrons. The van der Waals surface area contributed by atoms with Gasteiger partial charge in [0.15, 0.2) is 0 Å². The fraction of sp³-hybridized carbons (Fsp3) is 0.350. The minimum atomic E-state index is -3.67. The highest BCUT2D eigenvalue weighted by Gasteiger charge is 2.21. The van der Waals surface area contributed by atoms with Crippen molar-refractivity contribution in [2.45, 2.75) is 31.2 Å². The minimum Gasteiger partial charge on any atom is -0.299 e. The zero-order chi connectivity index (χ0) is 20.7. The lowest BCUT2D eigenvalue weighted by atomic mass is 10.0. The number of hydrogen-bond acceptors (Lipinski definition) is 6. The molecule has 0 saturated heterocycles. The third-order valence-corrected chi connectivity index (χ3v) is 6.31. The topological polar surface area (TPSA) is 93.0 Å². The minimum absolute atomic E-state index is 0.0601. The Balaban J connectivity index is 1.76. The van der Waals surface area contributed by atoms with Crippen LogP contribution in [0.2, 0.25) is 0 Å². The van der Waals surface area contributed by atoms with Crippen LogP contribution in [0.4, 0.5) is 0 Å². The van der Waals surface area contributed by atoms with E-state index in [2.05, 4.69) is 51.1 Å². The molecule has 1 N–H and O–H groups in total. The van der Waals surface area contributed by atoms with E-state index in [1.54, 1.807) is 24.3 Å². The van der Waals surface area contributed by atoms with E-state index in [9.17, 15) is 8.42 Å². The molecule has 3 rings (SSSR count). The Kier molecular flexibility index (Phi) is 7.08. The van der Waals surface area contributed by atoms with Crippen LogP contribution in [-0.2, 0) is 16.4 Å². The lowest BCUT2D eigenvalue weighted by molar-refractivity contribution is 0.216. The highest BCUT2D eigenvalue weighted by atomic mass is 32.2. The maximum Gasteiger partial charge on any atom is 0.240 e. The molecule has 9 heteroatoms. The average molecular weight is 415 g/mol. The van der Waals surface area contributed by atoms with Crippen LogP contribution >= 0.6 is 0 Å². The maximum absolute atomic E-state index is 12.9. The largest absolute Gasteiger partial charge is 0.299 e. The number of benzene rings is 2. The van der Waals surface area contributed by atoms with Gasteiger partial charge in [-0.05, 0) is 53.7 Å². The summed E-state index contributed by atoms with van der Waals surface area (Å²) >= 11 is 0. The number of nitrogens with zero attached hydrogens (tertiary/aromatic N) is 5. The summed E-state index contributed by atoms with van der Waals surface area (Å²) in [5.41, 5.74) is 1.77. The third-order valence-electron chi connectivity index (χ3n) is 4.89. The second kappa shape index (κ2) is 9.73. The first kappa shape index (κ1) is 21.1. The van der Waals surface area contributed by atoms with Gasteiger partial charge in [0.2, 0.25) is 10.0 Å². The summed E-state index contributed by atoms with van der Waals surface area (Å²) in [5, 5.41) is 11.0. The van der Waals surface area contributed by atoms with E-state index in [1.807, 2.05) is 18.2 Å². The molecule has 8 nitrogen and oxygen atoms in total. The molecule has 0 saturated carbocycles. The molecular weight excluding hydrogens is 388 g/mol. The van der Waals surface area contributed by atoms with Gasteiger partial charge in [0, 0.05) is 12.6 Å². The van der Waals surface area contributed by atoms with Crippen molar-refractivity contribution in [2.75, 3.05) is 19.6 Å². The summed E-state index contributed by atoms with van der Waals surface area (Å²) in [5.74, 6) is 0. The first-order chi connectivity index (χ1) is 14.0. The summed E-state index contributed by atoms with van der Waals surface area (Å²) in [6, 6.07) is 16.7. The van der Waals surface area contributed by atoms with Crippen molar-refractivity contribution in [1.82, 2.24) is 29.8 Å². The van der Waals surface area contributed by atoms with Crippen molar-refractivity contribution in [2.24, 2.45) is 0 Å². The van der Waals surface area contributed by atoms with Crippen molar-refractivity contribution >= 4 is 10.0 Å². The van der Waals surface area contributed by atoms with E-state index in [0.717, 1.165) is 19.5 Å². The first-order valence-corrected chi connectivity index (χ1v) is 11.1. The fourth-order valence-corrected chi connectivity index (χ4v) is 4.43. The van der Waals surface area contributed by atoms with Crippen molar-refractivity contribution in [3.63, 3.8) is 0 Å². The lowest BCUT2D eigenvalue weighted by Crippen LogP contribution is -2.45. The normalized spacial score (nSPS) is 12.9. The summed E-state index contributed by atoms with van der Waals surface area (Å²) < 4.78 is 30.0. The van der Waals surface area contributed by atoms with Gasteiger partial charge in [0.05, 0.1) is 10.6 Å². The monoisotopic (exact) mass is 414 g/mol. The highest BCUT2D eigenvalue weighted by molar-refractivity contribution is 7.89. The molecule has 0 aliphatic carbocycles.